The SMILES string of the molecule is C[C@@]1(O)C[C@H]2CCCC[C@@]2(O)P1(=O)O.O. The summed E-state index contributed by atoms with van der Waals surface area (Å²) in [4.78, 5) is 9.83. The van der Waals surface area contributed by atoms with E-state index < -0.39 is 18.1 Å². The number of hydrogen-bond acceptors (Lipinski definition) is 3. The smallest absolute Gasteiger partial charge is 0.261 e. The van der Waals surface area contributed by atoms with E-state index in [1.54, 1.807) is 0 Å². The van der Waals surface area contributed by atoms with E-state index in [1.165, 1.54) is 6.92 Å². The Hall–Kier alpha value is 0.0700. The van der Waals surface area contributed by atoms with E-state index in [2.05, 4.69) is 0 Å². The van der Waals surface area contributed by atoms with E-state index in [1.807, 2.05) is 0 Å². The van der Waals surface area contributed by atoms with Gasteiger partial charge in [0.1, 0.15) is 10.7 Å². The maximum atomic E-state index is 12.0. The second kappa shape index (κ2) is 3.54. The molecule has 0 radical (unpaired) electrons. The third-order valence-electron chi connectivity index (χ3n) is 3.81. The van der Waals surface area contributed by atoms with Crippen LogP contribution in [0.5, 0.6) is 0 Å². The molecule has 15 heavy (non-hydrogen) atoms. The predicted octanol–water partition coefficient (Wildman–Crippen LogP) is 0.423. The molecule has 4 atom stereocenters. The lowest BCUT2D eigenvalue weighted by molar-refractivity contribution is 0.0237. The van der Waals surface area contributed by atoms with Crippen LogP contribution in [0, 0.1) is 5.92 Å². The van der Waals surface area contributed by atoms with E-state index >= 15 is 0 Å². The summed E-state index contributed by atoms with van der Waals surface area (Å²) in [7, 11) is -3.88. The molecule has 5 nitrogen and oxygen atoms in total. The van der Waals surface area contributed by atoms with Crippen LogP contribution in [-0.2, 0) is 4.57 Å². The van der Waals surface area contributed by atoms with Gasteiger partial charge in [-0.25, -0.2) is 0 Å². The van der Waals surface area contributed by atoms with Crippen LogP contribution in [0.25, 0.3) is 0 Å². The number of fused-ring (bicyclic) bond motifs is 1. The molecule has 1 unspecified atom stereocenters. The number of rotatable bonds is 0. The standard InChI is InChI=1S/C9H17O4P.H2O/c1-8(10)6-7-4-2-3-5-9(7,11)14(8,12)13;/h7,10-11H,2-6H2,1H3,(H,12,13);1H2/t7-,8+,9-;/m1./s1. The van der Waals surface area contributed by atoms with Gasteiger partial charge in [-0.3, -0.25) is 4.57 Å². The molecule has 90 valence electrons. The molecule has 0 spiro atoms. The first kappa shape index (κ1) is 13.1. The van der Waals surface area contributed by atoms with Crippen molar-refractivity contribution in [1.29, 1.82) is 0 Å². The van der Waals surface area contributed by atoms with Gasteiger partial charge in [-0.1, -0.05) is 6.42 Å². The molecule has 5 N–H and O–H groups in total. The third kappa shape index (κ3) is 1.49. The topological polar surface area (TPSA) is 109 Å². The maximum Gasteiger partial charge on any atom is 0.261 e. The number of aliphatic hydroxyl groups is 2. The van der Waals surface area contributed by atoms with Gasteiger partial charge in [0.25, 0.3) is 7.37 Å². The molecule has 2 aliphatic rings. The lowest BCUT2D eigenvalue weighted by Crippen LogP contribution is -2.36. The summed E-state index contributed by atoms with van der Waals surface area (Å²) in [6, 6.07) is 0. The second-order valence-corrected chi connectivity index (χ2v) is 7.71. The van der Waals surface area contributed by atoms with Crippen molar-refractivity contribution >= 4 is 7.37 Å². The van der Waals surface area contributed by atoms with Crippen LogP contribution in [0.2, 0.25) is 0 Å². The molecule has 0 bridgehead atoms. The zero-order chi connectivity index (χ0) is 10.6. The molecular weight excluding hydrogens is 219 g/mol. The summed E-state index contributed by atoms with van der Waals surface area (Å²) in [5.74, 6) is -0.206. The molecule has 2 rings (SSSR count). The van der Waals surface area contributed by atoms with Crippen LogP contribution in [-0.4, -0.2) is 31.3 Å². The Balaban J connectivity index is 0.00000112. The minimum absolute atomic E-state index is 0. The van der Waals surface area contributed by atoms with Gasteiger partial charge in [0, 0.05) is 5.92 Å². The second-order valence-electron chi connectivity index (χ2n) is 4.82. The van der Waals surface area contributed by atoms with Gasteiger partial charge in [-0.15, -0.1) is 0 Å². The lowest BCUT2D eigenvalue weighted by atomic mass is 9.83. The Morgan fingerprint density at radius 2 is 1.93 bits per heavy atom. The maximum absolute atomic E-state index is 12.0. The fourth-order valence-electron chi connectivity index (χ4n) is 2.88. The zero-order valence-electron chi connectivity index (χ0n) is 8.81. The first-order valence-electron chi connectivity index (χ1n) is 5.09. The van der Waals surface area contributed by atoms with Crippen LogP contribution in [0.1, 0.15) is 39.0 Å². The van der Waals surface area contributed by atoms with Crippen LogP contribution in [0.15, 0.2) is 0 Å². The van der Waals surface area contributed by atoms with Crippen molar-refractivity contribution in [3.05, 3.63) is 0 Å². The summed E-state index contributed by atoms with van der Waals surface area (Å²) in [6.07, 6.45) is 3.09. The summed E-state index contributed by atoms with van der Waals surface area (Å²) < 4.78 is 12.0. The van der Waals surface area contributed by atoms with Crippen LogP contribution in [0.4, 0.5) is 0 Å². The van der Waals surface area contributed by atoms with Crippen molar-refractivity contribution in [2.24, 2.45) is 5.92 Å². The molecule has 0 amide bonds. The molecule has 6 heteroatoms. The zero-order valence-corrected chi connectivity index (χ0v) is 9.70. The molecule has 0 aromatic heterocycles. The van der Waals surface area contributed by atoms with Crippen LogP contribution >= 0.6 is 7.37 Å². The van der Waals surface area contributed by atoms with Crippen molar-refractivity contribution in [3.8, 4) is 0 Å². The van der Waals surface area contributed by atoms with E-state index in [9.17, 15) is 19.7 Å². The molecule has 0 aromatic rings. The Morgan fingerprint density at radius 1 is 1.33 bits per heavy atom. The van der Waals surface area contributed by atoms with Crippen molar-refractivity contribution in [2.75, 3.05) is 0 Å². The average molecular weight is 238 g/mol. The Labute approximate surface area is 88.9 Å². The number of hydrogen-bond donors (Lipinski definition) is 3. The van der Waals surface area contributed by atoms with Crippen molar-refractivity contribution in [3.63, 3.8) is 0 Å². The van der Waals surface area contributed by atoms with Crippen LogP contribution in [0.3, 0.4) is 0 Å². The molecule has 1 heterocycles. The molecule has 1 aliphatic carbocycles. The fourth-order valence-corrected chi connectivity index (χ4v) is 5.36. The summed E-state index contributed by atoms with van der Waals surface area (Å²) >= 11 is 0. The van der Waals surface area contributed by atoms with Gasteiger partial charge in [-0.05, 0) is 32.6 Å². The molecule has 0 aromatic carbocycles. The lowest BCUT2D eigenvalue weighted by Gasteiger charge is -2.36. The van der Waals surface area contributed by atoms with Gasteiger partial charge in [-0.2, -0.15) is 0 Å². The van der Waals surface area contributed by atoms with Gasteiger partial charge >= 0.3 is 0 Å². The third-order valence-corrected chi connectivity index (χ3v) is 6.94. The summed E-state index contributed by atoms with van der Waals surface area (Å²) in [5, 5.41) is 16.9. The predicted molar refractivity (Wildman–Crippen MR) is 55.6 cm³/mol. The highest BCUT2D eigenvalue weighted by molar-refractivity contribution is 7.61. The van der Waals surface area contributed by atoms with Gasteiger partial charge in [0.15, 0.2) is 0 Å². The minimum atomic E-state index is -3.88. The van der Waals surface area contributed by atoms with Gasteiger partial charge < -0.3 is 20.6 Å². The molecule has 2 fully saturated rings. The monoisotopic (exact) mass is 238 g/mol. The van der Waals surface area contributed by atoms with E-state index in [0.717, 1.165) is 19.3 Å². The average Bonchev–Trinajstić information content (AvgIpc) is 2.20. The fraction of sp³-hybridized carbons (Fsp3) is 1.00. The van der Waals surface area contributed by atoms with E-state index in [0.29, 0.717) is 6.42 Å². The Morgan fingerprint density at radius 3 is 2.47 bits per heavy atom. The quantitative estimate of drug-likeness (QED) is 0.531. The van der Waals surface area contributed by atoms with Crippen molar-refractivity contribution in [1.82, 2.24) is 0 Å². The first-order valence-corrected chi connectivity index (χ1v) is 6.75. The highest BCUT2D eigenvalue weighted by Crippen LogP contribution is 2.75. The van der Waals surface area contributed by atoms with E-state index in [4.69, 9.17) is 0 Å². The van der Waals surface area contributed by atoms with Gasteiger partial charge in [0.05, 0.1) is 0 Å². The van der Waals surface area contributed by atoms with Crippen LogP contribution < -0.4 is 0 Å². The molecule has 1 saturated carbocycles. The highest BCUT2D eigenvalue weighted by Gasteiger charge is 2.67. The Kier molecular flexibility index (Phi) is 3.10. The van der Waals surface area contributed by atoms with Crippen molar-refractivity contribution in [2.45, 2.75) is 49.7 Å². The highest BCUT2D eigenvalue weighted by atomic mass is 31.2. The Bertz CT molecular complexity index is 303. The normalized spacial score (nSPS) is 54.5. The van der Waals surface area contributed by atoms with Gasteiger partial charge in [0.2, 0.25) is 0 Å². The summed E-state index contributed by atoms with van der Waals surface area (Å²) in [5.41, 5.74) is 0. The minimum Gasteiger partial charge on any atom is -0.412 e. The molecule has 1 saturated heterocycles. The van der Waals surface area contributed by atoms with Crippen molar-refractivity contribution < 1.29 is 25.1 Å². The summed E-state index contributed by atoms with van der Waals surface area (Å²) in [6.45, 7) is 1.37. The largest absolute Gasteiger partial charge is 0.412 e. The molecular formula is C9H19O5P. The van der Waals surface area contributed by atoms with E-state index in [-0.39, 0.29) is 17.8 Å². The first-order chi connectivity index (χ1) is 6.31. The molecule has 1 aliphatic heterocycles.